The summed E-state index contributed by atoms with van der Waals surface area (Å²) in [4.78, 5) is 11.3. The van der Waals surface area contributed by atoms with Gasteiger partial charge in [-0.3, -0.25) is 4.79 Å². The monoisotopic (exact) mass is 202 g/mol. The fraction of sp³-hybridized carbons (Fsp3) is 0.900. The number of aliphatic hydroxyl groups is 1. The second-order valence-electron chi connectivity index (χ2n) is 3.91. The number of aliphatic hydroxyl groups excluding tert-OH is 1. The van der Waals surface area contributed by atoms with Gasteiger partial charge in [0, 0.05) is 6.54 Å². The number of carbonyl (C=O) groups is 1. The molecule has 0 aromatic carbocycles. The molecule has 2 unspecified atom stereocenters. The Morgan fingerprint density at radius 1 is 1.50 bits per heavy atom. The number of nitrogens with two attached hydrogens (primary N) is 1. The highest BCUT2D eigenvalue weighted by Gasteiger charge is 2.16. The van der Waals surface area contributed by atoms with Gasteiger partial charge in [-0.05, 0) is 18.8 Å². The molecule has 84 valence electrons. The Balaban J connectivity index is 3.64. The Morgan fingerprint density at radius 2 is 2.07 bits per heavy atom. The molecule has 0 saturated heterocycles. The summed E-state index contributed by atoms with van der Waals surface area (Å²) in [6, 6.07) is -0.450. The normalized spacial score (nSPS) is 15.3. The summed E-state index contributed by atoms with van der Waals surface area (Å²) in [7, 11) is 0. The van der Waals surface area contributed by atoms with Crippen molar-refractivity contribution < 1.29 is 9.90 Å². The molecule has 0 fully saturated rings. The van der Waals surface area contributed by atoms with Crippen LogP contribution < -0.4 is 11.1 Å². The number of hydrogen-bond acceptors (Lipinski definition) is 3. The molecule has 4 nitrogen and oxygen atoms in total. The van der Waals surface area contributed by atoms with E-state index in [0.29, 0.717) is 19.4 Å². The van der Waals surface area contributed by atoms with Gasteiger partial charge in [0.1, 0.15) is 0 Å². The third kappa shape index (κ3) is 5.19. The third-order valence-corrected chi connectivity index (χ3v) is 2.27. The Bertz CT molecular complexity index is 172. The number of amides is 1. The molecule has 0 spiro atoms. The third-order valence-electron chi connectivity index (χ3n) is 2.27. The van der Waals surface area contributed by atoms with E-state index < -0.39 is 6.04 Å². The predicted octanol–water partition coefficient (Wildman–Crippen LogP) is 0.247. The standard InChI is InChI=1S/C10H22N2O2/c1-4-8(13)5-6-12-10(14)9(11)7(2)3/h7-9,13H,4-6,11H2,1-3H3,(H,12,14). The van der Waals surface area contributed by atoms with Gasteiger partial charge in [0.15, 0.2) is 0 Å². The largest absolute Gasteiger partial charge is 0.393 e. The maximum Gasteiger partial charge on any atom is 0.237 e. The maximum absolute atomic E-state index is 11.3. The van der Waals surface area contributed by atoms with Crippen LogP contribution in [0.15, 0.2) is 0 Å². The van der Waals surface area contributed by atoms with E-state index in [2.05, 4.69) is 5.32 Å². The Morgan fingerprint density at radius 3 is 2.50 bits per heavy atom. The average molecular weight is 202 g/mol. The number of nitrogens with one attached hydrogen (secondary N) is 1. The van der Waals surface area contributed by atoms with E-state index in [-0.39, 0.29) is 17.9 Å². The van der Waals surface area contributed by atoms with Crippen molar-refractivity contribution in [2.75, 3.05) is 6.54 Å². The van der Waals surface area contributed by atoms with Crippen molar-refractivity contribution in [3.63, 3.8) is 0 Å². The lowest BCUT2D eigenvalue weighted by Crippen LogP contribution is -2.44. The van der Waals surface area contributed by atoms with Gasteiger partial charge in [0.25, 0.3) is 0 Å². The molecule has 0 saturated carbocycles. The average Bonchev–Trinajstić information content (AvgIpc) is 2.15. The molecule has 0 rings (SSSR count). The lowest BCUT2D eigenvalue weighted by Gasteiger charge is -2.16. The smallest absolute Gasteiger partial charge is 0.237 e. The van der Waals surface area contributed by atoms with E-state index in [1.807, 2.05) is 20.8 Å². The van der Waals surface area contributed by atoms with Crippen LogP contribution in [0.3, 0.4) is 0 Å². The van der Waals surface area contributed by atoms with Crippen molar-refractivity contribution >= 4 is 5.91 Å². The summed E-state index contributed by atoms with van der Waals surface area (Å²) in [6.07, 6.45) is 0.977. The van der Waals surface area contributed by atoms with Crippen LogP contribution in [0.1, 0.15) is 33.6 Å². The SMILES string of the molecule is CCC(O)CCNC(=O)C(N)C(C)C. The first-order valence-corrected chi connectivity index (χ1v) is 5.20. The van der Waals surface area contributed by atoms with Gasteiger partial charge in [-0.1, -0.05) is 20.8 Å². The van der Waals surface area contributed by atoms with Gasteiger partial charge >= 0.3 is 0 Å². The van der Waals surface area contributed by atoms with E-state index in [1.54, 1.807) is 0 Å². The van der Waals surface area contributed by atoms with Crippen molar-refractivity contribution in [3.8, 4) is 0 Å². The first-order valence-electron chi connectivity index (χ1n) is 5.20. The maximum atomic E-state index is 11.3. The second-order valence-corrected chi connectivity index (χ2v) is 3.91. The van der Waals surface area contributed by atoms with E-state index in [0.717, 1.165) is 0 Å². The second kappa shape index (κ2) is 6.79. The number of rotatable bonds is 6. The molecule has 4 heteroatoms. The van der Waals surface area contributed by atoms with Gasteiger partial charge in [-0.2, -0.15) is 0 Å². The lowest BCUT2D eigenvalue weighted by molar-refractivity contribution is -0.123. The van der Waals surface area contributed by atoms with Crippen molar-refractivity contribution in [1.29, 1.82) is 0 Å². The highest BCUT2D eigenvalue weighted by molar-refractivity contribution is 5.81. The molecule has 0 aromatic heterocycles. The molecule has 0 bridgehead atoms. The van der Waals surface area contributed by atoms with Crippen LogP contribution in [0.25, 0.3) is 0 Å². The Labute approximate surface area is 85.9 Å². The van der Waals surface area contributed by atoms with Crippen LogP contribution in [0.5, 0.6) is 0 Å². The van der Waals surface area contributed by atoms with Gasteiger partial charge in [-0.15, -0.1) is 0 Å². The minimum atomic E-state index is -0.450. The summed E-state index contributed by atoms with van der Waals surface area (Å²) in [5, 5.41) is 11.9. The molecule has 1 amide bonds. The summed E-state index contributed by atoms with van der Waals surface area (Å²) in [5.41, 5.74) is 5.63. The molecule has 4 N–H and O–H groups in total. The van der Waals surface area contributed by atoms with E-state index >= 15 is 0 Å². The fourth-order valence-electron chi connectivity index (χ4n) is 0.987. The highest BCUT2D eigenvalue weighted by Crippen LogP contribution is 1.98. The zero-order valence-electron chi connectivity index (χ0n) is 9.29. The molecule has 0 aliphatic heterocycles. The molecule has 2 atom stereocenters. The van der Waals surface area contributed by atoms with Gasteiger partial charge in [-0.25, -0.2) is 0 Å². The molecule has 14 heavy (non-hydrogen) atoms. The van der Waals surface area contributed by atoms with Crippen LogP contribution in [0, 0.1) is 5.92 Å². The molecule has 0 aromatic rings. The first-order chi connectivity index (χ1) is 6.49. The Hall–Kier alpha value is -0.610. The van der Waals surface area contributed by atoms with Crippen LogP contribution in [-0.4, -0.2) is 29.7 Å². The van der Waals surface area contributed by atoms with Crippen LogP contribution in [-0.2, 0) is 4.79 Å². The van der Waals surface area contributed by atoms with Crippen LogP contribution in [0.2, 0.25) is 0 Å². The Kier molecular flexibility index (Phi) is 6.49. The first kappa shape index (κ1) is 13.4. The fourth-order valence-corrected chi connectivity index (χ4v) is 0.987. The number of hydrogen-bond donors (Lipinski definition) is 3. The molecule has 0 aliphatic carbocycles. The van der Waals surface area contributed by atoms with Gasteiger partial charge in [0.05, 0.1) is 12.1 Å². The van der Waals surface area contributed by atoms with Crippen molar-refractivity contribution in [2.24, 2.45) is 11.7 Å². The van der Waals surface area contributed by atoms with Gasteiger partial charge in [0.2, 0.25) is 5.91 Å². The van der Waals surface area contributed by atoms with E-state index in [4.69, 9.17) is 5.73 Å². The van der Waals surface area contributed by atoms with Crippen LogP contribution in [0.4, 0.5) is 0 Å². The summed E-state index contributed by atoms with van der Waals surface area (Å²) < 4.78 is 0. The molecular weight excluding hydrogens is 180 g/mol. The molecular formula is C10H22N2O2. The molecule has 0 heterocycles. The predicted molar refractivity (Wildman–Crippen MR) is 56.7 cm³/mol. The minimum Gasteiger partial charge on any atom is -0.393 e. The summed E-state index contributed by atoms with van der Waals surface area (Å²) in [5.74, 6) is 0.00871. The van der Waals surface area contributed by atoms with E-state index in [1.165, 1.54) is 0 Å². The summed E-state index contributed by atoms with van der Waals surface area (Å²) >= 11 is 0. The zero-order chi connectivity index (χ0) is 11.1. The molecule has 0 radical (unpaired) electrons. The minimum absolute atomic E-state index is 0.136. The van der Waals surface area contributed by atoms with Crippen molar-refractivity contribution in [1.82, 2.24) is 5.32 Å². The van der Waals surface area contributed by atoms with Crippen LogP contribution >= 0.6 is 0 Å². The summed E-state index contributed by atoms with van der Waals surface area (Å²) in [6.45, 7) is 6.22. The van der Waals surface area contributed by atoms with E-state index in [9.17, 15) is 9.90 Å². The highest BCUT2D eigenvalue weighted by atomic mass is 16.3. The number of carbonyl (C=O) groups excluding carboxylic acids is 1. The zero-order valence-corrected chi connectivity index (χ0v) is 9.29. The van der Waals surface area contributed by atoms with Crippen molar-refractivity contribution in [2.45, 2.75) is 45.8 Å². The van der Waals surface area contributed by atoms with Gasteiger partial charge < -0.3 is 16.2 Å². The topological polar surface area (TPSA) is 75.3 Å². The lowest BCUT2D eigenvalue weighted by atomic mass is 10.1. The quantitative estimate of drug-likeness (QED) is 0.578. The van der Waals surface area contributed by atoms with Crippen molar-refractivity contribution in [3.05, 3.63) is 0 Å². The molecule has 0 aliphatic rings.